The van der Waals surface area contributed by atoms with E-state index in [1.807, 2.05) is 0 Å². The maximum atomic E-state index is 13.3. The molecular formula is C9H8F2N2O3. The third kappa shape index (κ3) is 2.44. The molecule has 1 aromatic rings. The number of imide groups is 1. The van der Waals surface area contributed by atoms with Crippen molar-refractivity contribution in [2.24, 2.45) is 5.73 Å². The molecule has 0 aliphatic carbocycles. The highest BCUT2D eigenvalue weighted by Crippen LogP contribution is 2.20. The molecule has 5 nitrogen and oxygen atoms in total. The van der Waals surface area contributed by atoms with Gasteiger partial charge in [0.15, 0.2) is 0 Å². The van der Waals surface area contributed by atoms with E-state index in [2.05, 4.69) is 10.5 Å². The Morgan fingerprint density at radius 3 is 2.19 bits per heavy atom. The summed E-state index contributed by atoms with van der Waals surface area (Å²) >= 11 is 0. The summed E-state index contributed by atoms with van der Waals surface area (Å²) in [6.45, 7) is 0. The Balaban J connectivity index is 3.14. The van der Waals surface area contributed by atoms with Gasteiger partial charge in [0.25, 0.3) is 5.91 Å². The smallest absolute Gasteiger partial charge is 0.319 e. The van der Waals surface area contributed by atoms with Gasteiger partial charge in [0, 0.05) is 12.1 Å². The zero-order valence-electron chi connectivity index (χ0n) is 8.21. The van der Waals surface area contributed by atoms with Crippen LogP contribution in [-0.4, -0.2) is 19.0 Å². The molecule has 0 aliphatic heterocycles. The number of rotatable bonds is 2. The average Bonchev–Trinajstić information content (AvgIpc) is 2.15. The molecule has 3 amide bonds. The summed E-state index contributed by atoms with van der Waals surface area (Å²) < 4.78 is 31.1. The molecule has 0 aliphatic rings. The zero-order chi connectivity index (χ0) is 12.3. The van der Waals surface area contributed by atoms with Crippen LogP contribution in [-0.2, 0) is 0 Å². The second kappa shape index (κ2) is 4.56. The summed E-state index contributed by atoms with van der Waals surface area (Å²) in [7, 11) is 1.22. The van der Waals surface area contributed by atoms with Crippen molar-refractivity contribution in [3.05, 3.63) is 29.3 Å². The van der Waals surface area contributed by atoms with Crippen molar-refractivity contribution in [1.82, 2.24) is 5.32 Å². The van der Waals surface area contributed by atoms with Crippen LogP contribution < -0.4 is 15.8 Å². The SMILES string of the molecule is COc1cc(F)c(C(=O)NC(N)=O)c(F)c1. The van der Waals surface area contributed by atoms with Gasteiger partial charge in [0.05, 0.1) is 7.11 Å². The number of methoxy groups -OCH3 is 1. The summed E-state index contributed by atoms with van der Waals surface area (Å²) in [6, 6.07) is 0.442. The Morgan fingerprint density at radius 1 is 1.31 bits per heavy atom. The first-order chi connectivity index (χ1) is 7.45. The van der Waals surface area contributed by atoms with Crippen molar-refractivity contribution >= 4 is 11.9 Å². The number of nitrogens with two attached hydrogens (primary N) is 1. The van der Waals surface area contributed by atoms with E-state index < -0.39 is 29.1 Å². The number of halogens is 2. The van der Waals surface area contributed by atoms with Gasteiger partial charge in [-0.25, -0.2) is 13.6 Å². The van der Waals surface area contributed by atoms with Gasteiger partial charge in [0.2, 0.25) is 0 Å². The molecule has 0 aromatic heterocycles. The van der Waals surface area contributed by atoms with E-state index in [-0.39, 0.29) is 5.75 Å². The predicted molar refractivity (Wildman–Crippen MR) is 50.0 cm³/mol. The molecule has 86 valence electrons. The van der Waals surface area contributed by atoms with Crippen LogP contribution in [0, 0.1) is 11.6 Å². The highest BCUT2D eigenvalue weighted by Gasteiger charge is 2.19. The molecule has 16 heavy (non-hydrogen) atoms. The molecule has 1 aromatic carbocycles. The largest absolute Gasteiger partial charge is 0.497 e. The number of hydrogen-bond donors (Lipinski definition) is 2. The van der Waals surface area contributed by atoms with Crippen LogP contribution in [0.4, 0.5) is 13.6 Å². The van der Waals surface area contributed by atoms with Gasteiger partial charge < -0.3 is 10.5 Å². The van der Waals surface area contributed by atoms with Crippen LogP contribution in [0.15, 0.2) is 12.1 Å². The molecule has 0 bridgehead atoms. The normalized spacial score (nSPS) is 9.69. The molecule has 0 radical (unpaired) electrons. The molecule has 0 heterocycles. The maximum Gasteiger partial charge on any atom is 0.319 e. The Labute approximate surface area is 89.2 Å². The molecule has 7 heteroatoms. The molecule has 3 N–H and O–H groups in total. The third-order valence-electron chi connectivity index (χ3n) is 1.72. The van der Waals surface area contributed by atoms with Gasteiger partial charge in [-0.05, 0) is 0 Å². The van der Waals surface area contributed by atoms with Crippen molar-refractivity contribution in [3.8, 4) is 5.75 Å². The molecule has 0 fully saturated rings. The predicted octanol–water partition coefficient (Wildman–Crippen LogP) is 0.782. The van der Waals surface area contributed by atoms with E-state index in [9.17, 15) is 18.4 Å². The first-order valence-corrected chi connectivity index (χ1v) is 4.09. The standard InChI is InChI=1S/C9H8F2N2O3/c1-16-4-2-5(10)7(6(11)3-4)8(14)13-9(12)15/h2-3H,1H3,(H3,12,13,14,15). The third-order valence-corrected chi connectivity index (χ3v) is 1.72. The van der Waals surface area contributed by atoms with Crippen LogP contribution >= 0.6 is 0 Å². The second-order valence-corrected chi connectivity index (χ2v) is 2.78. The van der Waals surface area contributed by atoms with Crippen LogP contribution in [0.3, 0.4) is 0 Å². The van der Waals surface area contributed by atoms with Gasteiger partial charge in [-0.1, -0.05) is 0 Å². The summed E-state index contributed by atoms with van der Waals surface area (Å²) in [4.78, 5) is 21.5. The van der Waals surface area contributed by atoms with Crippen molar-refractivity contribution < 1.29 is 23.1 Å². The number of hydrogen-bond acceptors (Lipinski definition) is 3. The second-order valence-electron chi connectivity index (χ2n) is 2.78. The first-order valence-electron chi connectivity index (χ1n) is 4.09. The molecule has 0 saturated carbocycles. The number of urea groups is 1. The number of carbonyl (C=O) groups excluding carboxylic acids is 2. The zero-order valence-corrected chi connectivity index (χ0v) is 8.21. The quantitative estimate of drug-likeness (QED) is 0.787. The van der Waals surface area contributed by atoms with E-state index in [1.54, 1.807) is 5.32 Å². The number of nitrogens with one attached hydrogen (secondary N) is 1. The fourth-order valence-electron chi connectivity index (χ4n) is 1.06. The highest BCUT2D eigenvalue weighted by atomic mass is 19.1. The summed E-state index contributed by atoms with van der Waals surface area (Å²) in [5.74, 6) is -3.61. The number of primary amides is 1. The number of ether oxygens (including phenoxy) is 1. The van der Waals surface area contributed by atoms with Gasteiger partial charge >= 0.3 is 6.03 Å². The van der Waals surface area contributed by atoms with Crippen molar-refractivity contribution in [2.45, 2.75) is 0 Å². The lowest BCUT2D eigenvalue weighted by atomic mass is 10.1. The topological polar surface area (TPSA) is 81.4 Å². The summed E-state index contributed by atoms with van der Waals surface area (Å²) in [5.41, 5.74) is 3.76. The van der Waals surface area contributed by atoms with E-state index in [0.29, 0.717) is 0 Å². The van der Waals surface area contributed by atoms with Crippen molar-refractivity contribution in [2.75, 3.05) is 7.11 Å². The van der Waals surface area contributed by atoms with Gasteiger partial charge in [-0.15, -0.1) is 0 Å². The van der Waals surface area contributed by atoms with E-state index in [4.69, 9.17) is 0 Å². The van der Waals surface area contributed by atoms with Crippen LogP contribution in [0.2, 0.25) is 0 Å². The summed E-state index contributed by atoms with van der Waals surface area (Å²) in [5, 5.41) is 1.56. The molecule has 0 spiro atoms. The average molecular weight is 230 g/mol. The molecule has 0 atom stereocenters. The lowest BCUT2D eigenvalue weighted by molar-refractivity contribution is 0.0958. The Morgan fingerprint density at radius 2 is 1.81 bits per heavy atom. The summed E-state index contributed by atoms with van der Waals surface area (Å²) in [6.07, 6.45) is 0. The minimum atomic E-state index is -1.25. The highest BCUT2D eigenvalue weighted by molar-refractivity contribution is 6.04. The molecule has 0 unspecified atom stereocenters. The van der Waals surface area contributed by atoms with E-state index in [0.717, 1.165) is 12.1 Å². The van der Waals surface area contributed by atoms with E-state index >= 15 is 0 Å². The number of benzene rings is 1. The lowest BCUT2D eigenvalue weighted by Crippen LogP contribution is -2.36. The molecule has 1 rings (SSSR count). The Hall–Kier alpha value is -2.18. The number of carbonyl (C=O) groups is 2. The van der Waals surface area contributed by atoms with Crippen LogP contribution in [0.25, 0.3) is 0 Å². The van der Waals surface area contributed by atoms with Crippen molar-refractivity contribution in [3.63, 3.8) is 0 Å². The Bertz CT molecular complexity index is 425. The van der Waals surface area contributed by atoms with Gasteiger partial charge in [0.1, 0.15) is 22.9 Å². The fraction of sp³-hybridized carbons (Fsp3) is 0.111. The minimum absolute atomic E-state index is 0.0781. The molecule has 0 saturated heterocycles. The fourth-order valence-corrected chi connectivity index (χ4v) is 1.06. The first kappa shape index (κ1) is 11.9. The maximum absolute atomic E-state index is 13.3. The van der Waals surface area contributed by atoms with Crippen LogP contribution in [0.1, 0.15) is 10.4 Å². The monoisotopic (exact) mass is 230 g/mol. The lowest BCUT2D eigenvalue weighted by Gasteiger charge is -2.06. The van der Waals surface area contributed by atoms with Gasteiger partial charge in [-0.3, -0.25) is 10.1 Å². The van der Waals surface area contributed by atoms with E-state index in [1.165, 1.54) is 7.11 Å². The number of amides is 3. The van der Waals surface area contributed by atoms with Gasteiger partial charge in [-0.2, -0.15) is 0 Å². The van der Waals surface area contributed by atoms with Crippen LogP contribution in [0.5, 0.6) is 5.75 Å². The minimum Gasteiger partial charge on any atom is -0.497 e. The van der Waals surface area contributed by atoms with Crippen molar-refractivity contribution in [1.29, 1.82) is 0 Å². The molecular weight excluding hydrogens is 222 g/mol. The Kier molecular flexibility index (Phi) is 3.39.